The normalized spacial score (nSPS) is 40.2. The smallest absolute Gasteiger partial charge is 0.0739 e. The Bertz CT molecular complexity index is 132. The fraction of sp³-hybridized carbons (Fsp3) is 1.00. The number of aliphatic hydroxyl groups excluding tert-OH is 1. The first-order valence-electron chi connectivity index (χ1n) is 4.32. The van der Waals surface area contributed by atoms with E-state index in [0.717, 1.165) is 10.5 Å². The highest BCUT2D eigenvalue weighted by atomic mass is 32.2. The van der Waals surface area contributed by atoms with Gasteiger partial charge < -0.3 is 5.11 Å². The van der Waals surface area contributed by atoms with Gasteiger partial charge in [0.05, 0.1) is 11.2 Å². The van der Waals surface area contributed by atoms with Crippen LogP contribution in [-0.2, 0) is 0 Å². The van der Waals surface area contributed by atoms with Gasteiger partial charge in [-0.05, 0) is 12.8 Å². The van der Waals surface area contributed by atoms with Crippen molar-refractivity contribution in [3.05, 3.63) is 0 Å². The van der Waals surface area contributed by atoms with Crippen LogP contribution in [0.4, 0.5) is 0 Å². The maximum atomic E-state index is 8.97. The Morgan fingerprint density at radius 3 is 2.08 bits per heavy atom. The van der Waals surface area contributed by atoms with Crippen LogP contribution in [0.25, 0.3) is 0 Å². The predicted octanol–water partition coefficient (Wildman–Crippen LogP) is 2.98. The zero-order valence-electron chi connectivity index (χ0n) is 6.53. The molecule has 2 atom stereocenters. The molecule has 0 aromatic rings. The lowest BCUT2D eigenvalue weighted by molar-refractivity contribution is 0.316. The molecule has 2 fully saturated rings. The Balaban J connectivity index is 0.000000720. The second-order valence-corrected chi connectivity index (χ2v) is 6.44. The number of hydrogen-bond donors (Lipinski definition) is 1. The molecular formula is C9H20OS2. The topological polar surface area (TPSA) is 20.2 Å². The third-order valence-electron chi connectivity index (χ3n) is 2.44. The quantitative estimate of drug-likeness (QED) is 0.715. The molecule has 1 heterocycles. The van der Waals surface area contributed by atoms with Gasteiger partial charge in [0.1, 0.15) is 0 Å². The fourth-order valence-electron chi connectivity index (χ4n) is 1.88. The van der Waals surface area contributed by atoms with Crippen molar-refractivity contribution in [3.8, 4) is 0 Å². The Morgan fingerprint density at radius 1 is 1.17 bits per heavy atom. The molecule has 2 rings (SSSR count). The summed E-state index contributed by atoms with van der Waals surface area (Å²) in [6.45, 7) is 0.363. The van der Waals surface area contributed by atoms with Crippen LogP contribution in [0, 0.1) is 0 Å². The van der Waals surface area contributed by atoms with Crippen LogP contribution in [0.2, 0.25) is 0 Å². The van der Waals surface area contributed by atoms with E-state index in [9.17, 15) is 0 Å². The minimum absolute atomic E-state index is 0. The van der Waals surface area contributed by atoms with Gasteiger partial charge in [-0.15, -0.1) is 23.5 Å². The van der Waals surface area contributed by atoms with E-state index in [1.165, 1.54) is 25.7 Å². The van der Waals surface area contributed by atoms with Crippen molar-refractivity contribution in [2.24, 2.45) is 0 Å². The Kier molecular flexibility index (Phi) is 4.27. The highest BCUT2D eigenvalue weighted by Crippen LogP contribution is 2.49. The minimum atomic E-state index is 0. The first kappa shape index (κ1) is 10.7. The molecule has 0 bridgehead atoms. The number of aliphatic hydroxyl groups is 1. The summed E-state index contributed by atoms with van der Waals surface area (Å²) < 4.78 is 0.489. The molecule has 0 aromatic heterocycles. The van der Waals surface area contributed by atoms with Crippen LogP contribution in [0.1, 0.15) is 34.5 Å². The van der Waals surface area contributed by atoms with Gasteiger partial charge in [0.25, 0.3) is 0 Å². The van der Waals surface area contributed by atoms with Gasteiger partial charge in [-0.3, -0.25) is 0 Å². The zero-order chi connectivity index (χ0) is 7.68. The van der Waals surface area contributed by atoms with Crippen molar-refractivity contribution in [1.82, 2.24) is 0 Å². The standard InChI is InChI=1S/C8H14OS2.CH4.H2/c9-5-8-10-6-3-1-2-4-7(6)11-8;;/h6-9H,1-5H2;1H4;1H. The molecule has 1 nitrogen and oxygen atoms in total. The Morgan fingerprint density at radius 2 is 1.67 bits per heavy atom. The summed E-state index contributed by atoms with van der Waals surface area (Å²) in [4.78, 5) is 0. The van der Waals surface area contributed by atoms with E-state index < -0.39 is 0 Å². The van der Waals surface area contributed by atoms with Gasteiger partial charge in [-0.1, -0.05) is 20.3 Å². The highest BCUT2D eigenvalue weighted by Gasteiger charge is 2.36. The Labute approximate surface area is 85.2 Å². The van der Waals surface area contributed by atoms with E-state index in [-0.39, 0.29) is 8.85 Å². The number of fused-ring (bicyclic) bond motifs is 1. The van der Waals surface area contributed by atoms with Gasteiger partial charge in [0, 0.05) is 11.9 Å². The van der Waals surface area contributed by atoms with Gasteiger partial charge in [0.15, 0.2) is 0 Å². The average molecular weight is 208 g/mol. The van der Waals surface area contributed by atoms with E-state index in [1.807, 2.05) is 23.5 Å². The van der Waals surface area contributed by atoms with Crippen molar-refractivity contribution in [2.75, 3.05) is 6.61 Å². The molecule has 0 amide bonds. The van der Waals surface area contributed by atoms with Gasteiger partial charge in [-0.2, -0.15) is 0 Å². The summed E-state index contributed by atoms with van der Waals surface area (Å²) in [7, 11) is 0. The molecule has 1 saturated carbocycles. The average Bonchev–Trinajstić information content (AvgIpc) is 2.46. The monoisotopic (exact) mass is 208 g/mol. The van der Waals surface area contributed by atoms with Crippen LogP contribution < -0.4 is 0 Å². The lowest BCUT2D eigenvalue weighted by atomic mass is 10.00. The molecule has 2 unspecified atom stereocenters. The molecule has 0 spiro atoms. The van der Waals surface area contributed by atoms with Crippen LogP contribution in [-0.4, -0.2) is 26.8 Å². The first-order chi connectivity index (χ1) is 5.40. The van der Waals surface area contributed by atoms with E-state index >= 15 is 0 Å². The summed E-state index contributed by atoms with van der Waals surface area (Å²) in [6, 6.07) is 0. The lowest BCUT2D eigenvalue weighted by Crippen LogP contribution is -2.19. The van der Waals surface area contributed by atoms with Gasteiger partial charge >= 0.3 is 0 Å². The van der Waals surface area contributed by atoms with Gasteiger partial charge in [-0.25, -0.2) is 0 Å². The van der Waals surface area contributed by atoms with E-state index in [4.69, 9.17) is 5.11 Å². The molecule has 74 valence electrons. The summed E-state index contributed by atoms with van der Waals surface area (Å²) in [5.41, 5.74) is 0. The maximum absolute atomic E-state index is 8.97. The molecular weight excluding hydrogens is 188 g/mol. The van der Waals surface area contributed by atoms with Crippen LogP contribution in [0.3, 0.4) is 0 Å². The number of thioether (sulfide) groups is 2. The van der Waals surface area contributed by atoms with Crippen molar-refractivity contribution >= 4 is 23.5 Å². The molecule has 2 aliphatic rings. The van der Waals surface area contributed by atoms with Crippen LogP contribution >= 0.6 is 23.5 Å². The zero-order valence-corrected chi connectivity index (χ0v) is 8.16. The van der Waals surface area contributed by atoms with Gasteiger partial charge in [0.2, 0.25) is 0 Å². The van der Waals surface area contributed by atoms with E-state index in [1.54, 1.807) is 0 Å². The maximum Gasteiger partial charge on any atom is 0.0739 e. The minimum Gasteiger partial charge on any atom is -0.394 e. The predicted molar refractivity (Wildman–Crippen MR) is 60.9 cm³/mol. The second kappa shape index (κ2) is 4.77. The van der Waals surface area contributed by atoms with Crippen molar-refractivity contribution < 1.29 is 6.53 Å². The van der Waals surface area contributed by atoms with Crippen LogP contribution in [0.15, 0.2) is 0 Å². The number of hydrogen-bond acceptors (Lipinski definition) is 3. The van der Waals surface area contributed by atoms with Crippen molar-refractivity contribution in [1.29, 1.82) is 0 Å². The second-order valence-electron chi connectivity index (χ2n) is 3.25. The molecule has 3 heteroatoms. The largest absolute Gasteiger partial charge is 0.394 e. The molecule has 1 saturated heterocycles. The van der Waals surface area contributed by atoms with E-state index in [0.29, 0.717) is 11.2 Å². The SMILES string of the molecule is C.OCC1SC2CCCCC2S1.[HH]. The fourth-order valence-corrected chi connectivity index (χ4v) is 5.56. The van der Waals surface area contributed by atoms with Crippen molar-refractivity contribution in [2.45, 2.75) is 48.2 Å². The molecule has 1 aliphatic heterocycles. The summed E-state index contributed by atoms with van der Waals surface area (Å²) in [5.74, 6) is 0. The van der Waals surface area contributed by atoms with Crippen LogP contribution in [0.5, 0.6) is 0 Å². The molecule has 1 aliphatic carbocycles. The molecule has 0 aromatic carbocycles. The summed E-state index contributed by atoms with van der Waals surface area (Å²) in [6.07, 6.45) is 5.59. The molecule has 0 radical (unpaired) electrons. The number of rotatable bonds is 1. The summed E-state index contributed by atoms with van der Waals surface area (Å²) in [5, 5.41) is 10.7. The van der Waals surface area contributed by atoms with E-state index in [2.05, 4.69) is 0 Å². The third-order valence-corrected chi connectivity index (χ3v) is 6.02. The lowest BCUT2D eigenvalue weighted by Gasteiger charge is -2.22. The molecule has 12 heavy (non-hydrogen) atoms. The first-order valence-corrected chi connectivity index (χ1v) is 6.20. The van der Waals surface area contributed by atoms with Crippen molar-refractivity contribution in [3.63, 3.8) is 0 Å². The Hall–Kier alpha value is 0.660. The molecule has 1 N–H and O–H groups in total. The third kappa shape index (κ3) is 2.12. The highest BCUT2D eigenvalue weighted by molar-refractivity contribution is 8.20. The summed E-state index contributed by atoms with van der Waals surface area (Å²) >= 11 is 4.02.